The molecule has 5 heteroatoms. The normalized spacial score (nSPS) is 11.1. The number of phenolic OH excluding ortho intramolecular Hbond substituents is 2. The van der Waals surface area contributed by atoms with E-state index in [9.17, 15) is 15.0 Å². The highest BCUT2D eigenvalue weighted by Crippen LogP contribution is 2.25. The number of amides is 1. The highest BCUT2D eigenvalue weighted by molar-refractivity contribution is 6.15. The van der Waals surface area contributed by atoms with E-state index in [1.54, 1.807) is 30.3 Å². The zero-order valence-electron chi connectivity index (χ0n) is 13.3. The summed E-state index contributed by atoms with van der Waals surface area (Å²) in [5.74, 6) is -0.536. The fraction of sp³-hybridized carbons (Fsp3) is 0. The number of aromatic hydroxyl groups is 2. The number of carbonyl (C=O) groups is 1. The maximum atomic E-state index is 12.2. The molecule has 0 fully saturated rings. The predicted molar refractivity (Wildman–Crippen MR) is 95.8 cm³/mol. The Morgan fingerprint density at radius 3 is 2.00 bits per heavy atom. The van der Waals surface area contributed by atoms with Crippen LogP contribution in [0.2, 0.25) is 0 Å². The van der Waals surface area contributed by atoms with Crippen molar-refractivity contribution in [3.63, 3.8) is 0 Å². The number of phenols is 2. The van der Waals surface area contributed by atoms with Crippen LogP contribution in [-0.4, -0.2) is 21.8 Å². The first-order valence-electron chi connectivity index (χ1n) is 7.66. The molecule has 0 aromatic heterocycles. The van der Waals surface area contributed by atoms with Crippen LogP contribution in [0, 0.1) is 0 Å². The van der Waals surface area contributed by atoms with Gasteiger partial charge in [-0.1, -0.05) is 48.5 Å². The fourth-order valence-corrected chi connectivity index (χ4v) is 2.36. The van der Waals surface area contributed by atoms with Crippen molar-refractivity contribution in [2.24, 2.45) is 5.10 Å². The lowest BCUT2D eigenvalue weighted by atomic mass is 10.0. The van der Waals surface area contributed by atoms with Gasteiger partial charge < -0.3 is 10.2 Å². The maximum absolute atomic E-state index is 12.2. The molecular weight excluding hydrogens is 316 g/mol. The van der Waals surface area contributed by atoms with E-state index >= 15 is 0 Å². The zero-order valence-corrected chi connectivity index (χ0v) is 13.3. The molecule has 3 aromatic rings. The third kappa shape index (κ3) is 3.84. The Kier molecular flexibility index (Phi) is 4.76. The van der Waals surface area contributed by atoms with Gasteiger partial charge in [0.2, 0.25) is 0 Å². The molecule has 0 heterocycles. The molecule has 3 aromatic carbocycles. The van der Waals surface area contributed by atoms with Crippen molar-refractivity contribution in [1.29, 1.82) is 0 Å². The summed E-state index contributed by atoms with van der Waals surface area (Å²) in [6.45, 7) is 0. The molecule has 0 bridgehead atoms. The molecule has 3 rings (SSSR count). The van der Waals surface area contributed by atoms with Crippen LogP contribution in [0.1, 0.15) is 21.5 Å². The van der Waals surface area contributed by atoms with Gasteiger partial charge in [-0.25, -0.2) is 5.43 Å². The summed E-state index contributed by atoms with van der Waals surface area (Å²) >= 11 is 0. The second-order valence-electron chi connectivity index (χ2n) is 5.33. The first-order chi connectivity index (χ1) is 12.1. The van der Waals surface area contributed by atoms with Gasteiger partial charge in [0.25, 0.3) is 5.91 Å². The maximum Gasteiger partial charge on any atom is 0.271 e. The molecule has 0 saturated carbocycles. The van der Waals surface area contributed by atoms with Crippen molar-refractivity contribution in [2.75, 3.05) is 0 Å². The minimum Gasteiger partial charge on any atom is -0.508 e. The number of nitrogens with zero attached hydrogens (tertiary/aromatic N) is 1. The lowest BCUT2D eigenvalue weighted by Gasteiger charge is -2.10. The topological polar surface area (TPSA) is 81.9 Å². The third-order valence-corrected chi connectivity index (χ3v) is 3.59. The Balaban J connectivity index is 1.98. The number of carbonyl (C=O) groups excluding carboxylic acids is 1. The minimum absolute atomic E-state index is 0.0537. The van der Waals surface area contributed by atoms with E-state index in [4.69, 9.17) is 0 Å². The van der Waals surface area contributed by atoms with E-state index in [1.165, 1.54) is 12.1 Å². The zero-order chi connectivity index (χ0) is 17.6. The number of nitrogens with one attached hydrogen (secondary N) is 1. The van der Waals surface area contributed by atoms with Crippen molar-refractivity contribution < 1.29 is 15.0 Å². The minimum atomic E-state index is -0.354. The summed E-state index contributed by atoms with van der Waals surface area (Å²) in [6.07, 6.45) is 0. The molecule has 5 nitrogen and oxygen atoms in total. The molecule has 0 radical (unpaired) electrons. The molecule has 3 N–H and O–H groups in total. The van der Waals surface area contributed by atoms with Crippen LogP contribution in [0.4, 0.5) is 0 Å². The number of hydrazone groups is 1. The number of hydrogen-bond donors (Lipinski definition) is 3. The molecule has 0 saturated heterocycles. The van der Waals surface area contributed by atoms with Gasteiger partial charge in [-0.05, 0) is 24.3 Å². The van der Waals surface area contributed by atoms with Crippen LogP contribution in [0.15, 0.2) is 84.0 Å². The van der Waals surface area contributed by atoms with Crippen molar-refractivity contribution in [3.8, 4) is 11.5 Å². The van der Waals surface area contributed by atoms with Gasteiger partial charge in [-0.15, -0.1) is 0 Å². The van der Waals surface area contributed by atoms with Crippen LogP contribution >= 0.6 is 0 Å². The van der Waals surface area contributed by atoms with E-state index in [1.807, 2.05) is 36.4 Å². The fourth-order valence-electron chi connectivity index (χ4n) is 2.36. The molecular formula is C20H16N2O3. The van der Waals surface area contributed by atoms with Gasteiger partial charge in [0.1, 0.15) is 17.2 Å². The summed E-state index contributed by atoms with van der Waals surface area (Å²) in [5, 5.41) is 23.8. The van der Waals surface area contributed by atoms with Crippen molar-refractivity contribution in [3.05, 3.63) is 95.6 Å². The molecule has 25 heavy (non-hydrogen) atoms. The van der Waals surface area contributed by atoms with Gasteiger partial charge in [0, 0.05) is 22.8 Å². The SMILES string of the molecule is O=C(N/N=C(\c1ccccc1)c1ccc(O)cc1O)c1ccccc1. The van der Waals surface area contributed by atoms with Gasteiger partial charge in [0.15, 0.2) is 0 Å². The van der Waals surface area contributed by atoms with E-state index in [2.05, 4.69) is 10.5 Å². The average molecular weight is 332 g/mol. The van der Waals surface area contributed by atoms with Crippen molar-refractivity contribution in [1.82, 2.24) is 5.43 Å². The Morgan fingerprint density at radius 1 is 0.800 bits per heavy atom. The van der Waals surface area contributed by atoms with Crippen LogP contribution in [0.5, 0.6) is 11.5 Å². The standard InChI is InChI=1S/C20H16N2O3/c23-16-11-12-17(18(24)13-16)19(14-7-3-1-4-8-14)21-22-20(25)15-9-5-2-6-10-15/h1-13,23-24H,(H,22,25)/b21-19+. The second-order valence-corrected chi connectivity index (χ2v) is 5.33. The lowest BCUT2D eigenvalue weighted by molar-refractivity contribution is 0.0955. The molecule has 0 unspecified atom stereocenters. The van der Waals surface area contributed by atoms with Gasteiger partial charge in [0.05, 0.1) is 0 Å². The number of rotatable bonds is 4. The first-order valence-corrected chi connectivity index (χ1v) is 7.66. The average Bonchev–Trinajstić information content (AvgIpc) is 2.64. The summed E-state index contributed by atoms with van der Waals surface area (Å²) in [5.41, 5.74) is 4.50. The van der Waals surface area contributed by atoms with Crippen LogP contribution < -0.4 is 5.43 Å². The Bertz CT molecular complexity index is 907. The largest absolute Gasteiger partial charge is 0.508 e. The molecule has 0 aliphatic heterocycles. The van der Waals surface area contributed by atoms with Crippen LogP contribution in [0.25, 0.3) is 0 Å². The van der Waals surface area contributed by atoms with E-state index in [0.717, 1.165) is 5.56 Å². The van der Waals surface area contributed by atoms with Crippen LogP contribution in [-0.2, 0) is 0 Å². The Labute approximate surface area is 144 Å². The first kappa shape index (κ1) is 16.3. The predicted octanol–water partition coefficient (Wildman–Crippen LogP) is 3.28. The molecule has 0 atom stereocenters. The monoisotopic (exact) mass is 332 g/mol. The molecule has 0 aliphatic rings. The van der Waals surface area contributed by atoms with Crippen molar-refractivity contribution >= 4 is 11.6 Å². The number of benzene rings is 3. The van der Waals surface area contributed by atoms with Gasteiger partial charge in [-0.2, -0.15) is 5.10 Å². The summed E-state index contributed by atoms with van der Waals surface area (Å²) in [6, 6.07) is 22.1. The Morgan fingerprint density at radius 2 is 1.40 bits per heavy atom. The highest BCUT2D eigenvalue weighted by atomic mass is 16.3. The lowest BCUT2D eigenvalue weighted by Crippen LogP contribution is -2.20. The Hall–Kier alpha value is -3.60. The van der Waals surface area contributed by atoms with Gasteiger partial charge >= 0.3 is 0 Å². The summed E-state index contributed by atoms with van der Waals surface area (Å²) in [4.78, 5) is 12.2. The smallest absolute Gasteiger partial charge is 0.271 e. The third-order valence-electron chi connectivity index (χ3n) is 3.59. The van der Waals surface area contributed by atoms with E-state index in [-0.39, 0.29) is 17.4 Å². The second kappa shape index (κ2) is 7.31. The molecule has 1 amide bonds. The summed E-state index contributed by atoms with van der Waals surface area (Å²) in [7, 11) is 0. The summed E-state index contributed by atoms with van der Waals surface area (Å²) < 4.78 is 0. The van der Waals surface area contributed by atoms with E-state index in [0.29, 0.717) is 16.8 Å². The van der Waals surface area contributed by atoms with Crippen LogP contribution in [0.3, 0.4) is 0 Å². The van der Waals surface area contributed by atoms with Crippen molar-refractivity contribution in [2.45, 2.75) is 0 Å². The van der Waals surface area contributed by atoms with E-state index < -0.39 is 0 Å². The molecule has 0 aliphatic carbocycles. The molecule has 0 spiro atoms. The van der Waals surface area contributed by atoms with Gasteiger partial charge in [-0.3, -0.25) is 4.79 Å². The highest BCUT2D eigenvalue weighted by Gasteiger charge is 2.13. The quantitative estimate of drug-likeness (QED) is 0.506. The number of hydrogen-bond acceptors (Lipinski definition) is 4. The molecule has 124 valence electrons.